The summed E-state index contributed by atoms with van der Waals surface area (Å²) in [5.74, 6) is 1.68. The topological polar surface area (TPSA) is 41.5 Å². The number of para-hydroxylation sites is 1. The number of rotatable bonds is 8. The fraction of sp³-hybridized carbons (Fsp3) is 0.333. The first-order valence-electron chi connectivity index (χ1n) is 7.50. The lowest BCUT2D eigenvalue weighted by molar-refractivity contribution is 0.282. The molecule has 0 aliphatic carbocycles. The van der Waals surface area contributed by atoms with Gasteiger partial charge in [-0.3, -0.25) is 0 Å². The van der Waals surface area contributed by atoms with Gasteiger partial charge >= 0.3 is 0 Å². The van der Waals surface area contributed by atoms with E-state index in [1.165, 1.54) is 5.56 Å². The highest BCUT2D eigenvalue weighted by Gasteiger charge is 2.09. The van der Waals surface area contributed by atoms with E-state index in [1.807, 2.05) is 42.5 Å². The van der Waals surface area contributed by atoms with Gasteiger partial charge in [0.05, 0.1) is 6.61 Å². The van der Waals surface area contributed by atoms with Crippen molar-refractivity contribution in [3.05, 3.63) is 60.2 Å². The van der Waals surface area contributed by atoms with E-state index in [0.29, 0.717) is 6.54 Å². The second-order valence-corrected chi connectivity index (χ2v) is 5.00. The molecular weight excluding hydrogens is 262 g/mol. The molecule has 0 saturated carbocycles. The summed E-state index contributed by atoms with van der Waals surface area (Å²) in [4.78, 5) is 0. The molecule has 1 atom stereocenters. The van der Waals surface area contributed by atoms with Crippen LogP contribution in [-0.4, -0.2) is 18.3 Å². The molecule has 0 radical (unpaired) electrons. The molecule has 2 rings (SSSR count). The predicted molar refractivity (Wildman–Crippen MR) is 85.7 cm³/mol. The predicted octanol–water partition coefficient (Wildman–Crippen LogP) is 3.90. The fourth-order valence-electron chi connectivity index (χ4n) is 2.31. The third kappa shape index (κ3) is 4.88. The smallest absolute Gasteiger partial charge is 0.127 e. The highest BCUT2D eigenvalue weighted by atomic mass is 16.5. The molecule has 112 valence electrons. The number of ether oxygens (including phenoxy) is 1. The summed E-state index contributed by atoms with van der Waals surface area (Å²) >= 11 is 0. The van der Waals surface area contributed by atoms with Crippen molar-refractivity contribution >= 4 is 0 Å². The molecule has 0 fully saturated rings. The highest BCUT2D eigenvalue weighted by molar-refractivity contribution is 5.33. The Morgan fingerprint density at radius 1 is 1.00 bits per heavy atom. The molecule has 1 unspecified atom stereocenters. The van der Waals surface area contributed by atoms with Crippen LogP contribution in [0.5, 0.6) is 11.5 Å². The zero-order valence-electron chi connectivity index (χ0n) is 12.5. The van der Waals surface area contributed by atoms with Crippen molar-refractivity contribution < 1.29 is 9.84 Å². The highest BCUT2D eigenvalue weighted by Crippen LogP contribution is 2.24. The molecule has 0 saturated heterocycles. The van der Waals surface area contributed by atoms with Crippen LogP contribution in [0.25, 0.3) is 0 Å². The molecule has 0 heterocycles. The molecule has 3 heteroatoms. The standard InChI is InChI=1S/C18H23NO2/c1-2-6-18(19-13-14-20)15-9-11-17(12-10-15)21-16-7-4-3-5-8-16/h3-5,7-12,18-20H,2,6,13-14H2,1H3. The van der Waals surface area contributed by atoms with E-state index in [0.717, 1.165) is 24.3 Å². The summed E-state index contributed by atoms with van der Waals surface area (Å²) in [6, 6.07) is 18.2. The summed E-state index contributed by atoms with van der Waals surface area (Å²) in [5.41, 5.74) is 1.23. The molecule has 0 aliphatic rings. The Balaban J connectivity index is 2.02. The molecule has 3 nitrogen and oxygen atoms in total. The van der Waals surface area contributed by atoms with Gasteiger partial charge in [0.1, 0.15) is 11.5 Å². The van der Waals surface area contributed by atoms with Crippen molar-refractivity contribution in [2.75, 3.05) is 13.2 Å². The lowest BCUT2D eigenvalue weighted by Gasteiger charge is -2.18. The normalized spacial score (nSPS) is 12.1. The molecule has 0 aliphatic heterocycles. The first-order chi connectivity index (χ1) is 10.3. The Hall–Kier alpha value is -1.84. The van der Waals surface area contributed by atoms with E-state index in [4.69, 9.17) is 9.84 Å². The van der Waals surface area contributed by atoms with Crippen molar-refractivity contribution in [3.8, 4) is 11.5 Å². The van der Waals surface area contributed by atoms with Gasteiger partial charge < -0.3 is 15.2 Å². The average Bonchev–Trinajstić information content (AvgIpc) is 2.53. The van der Waals surface area contributed by atoms with Gasteiger partial charge in [0.15, 0.2) is 0 Å². The Kier molecular flexibility index (Phi) is 6.25. The van der Waals surface area contributed by atoms with Crippen LogP contribution in [0.15, 0.2) is 54.6 Å². The summed E-state index contributed by atoms with van der Waals surface area (Å²) in [6.07, 6.45) is 2.16. The van der Waals surface area contributed by atoms with E-state index >= 15 is 0 Å². The summed E-state index contributed by atoms with van der Waals surface area (Å²) in [6.45, 7) is 2.95. The number of aliphatic hydroxyl groups is 1. The minimum absolute atomic E-state index is 0.162. The van der Waals surface area contributed by atoms with E-state index in [9.17, 15) is 0 Å². The van der Waals surface area contributed by atoms with Crippen LogP contribution in [0.3, 0.4) is 0 Å². The maximum atomic E-state index is 8.96. The Morgan fingerprint density at radius 3 is 2.29 bits per heavy atom. The molecule has 21 heavy (non-hydrogen) atoms. The SMILES string of the molecule is CCCC(NCCO)c1ccc(Oc2ccccc2)cc1. The number of aliphatic hydroxyl groups excluding tert-OH is 1. The number of nitrogens with one attached hydrogen (secondary N) is 1. The summed E-state index contributed by atoms with van der Waals surface area (Å²) < 4.78 is 5.79. The van der Waals surface area contributed by atoms with Crippen LogP contribution < -0.4 is 10.1 Å². The van der Waals surface area contributed by atoms with Crippen molar-refractivity contribution in [2.24, 2.45) is 0 Å². The Bertz CT molecular complexity index is 511. The van der Waals surface area contributed by atoms with E-state index < -0.39 is 0 Å². The Labute approximate surface area is 126 Å². The zero-order valence-corrected chi connectivity index (χ0v) is 12.5. The summed E-state index contributed by atoms with van der Waals surface area (Å²) in [7, 11) is 0. The van der Waals surface area contributed by atoms with Gasteiger partial charge in [-0.05, 0) is 36.2 Å². The van der Waals surface area contributed by atoms with Gasteiger partial charge in [-0.25, -0.2) is 0 Å². The number of hydrogen-bond donors (Lipinski definition) is 2. The second-order valence-electron chi connectivity index (χ2n) is 5.00. The van der Waals surface area contributed by atoms with E-state index in [-0.39, 0.29) is 12.6 Å². The molecule has 2 aromatic rings. The maximum Gasteiger partial charge on any atom is 0.127 e. The van der Waals surface area contributed by atoms with Gasteiger partial charge in [-0.1, -0.05) is 43.7 Å². The number of hydrogen-bond acceptors (Lipinski definition) is 3. The lowest BCUT2D eigenvalue weighted by atomic mass is 10.0. The number of benzene rings is 2. The molecular formula is C18H23NO2. The van der Waals surface area contributed by atoms with Gasteiger partial charge in [-0.2, -0.15) is 0 Å². The zero-order chi connectivity index (χ0) is 14.9. The lowest BCUT2D eigenvalue weighted by Crippen LogP contribution is -2.24. The van der Waals surface area contributed by atoms with Gasteiger partial charge in [0, 0.05) is 12.6 Å². The quantitative estimate of drug-likeness (QED) is 0.773. The molecule has 0 aromatic heterocycles. The van der Waals surface area contributed by atoms with Crippen molar-refractivity contribution in [2.45, 2.75) is 25.8 Å². The van der Waals surface area contributed by atoms with Crippen LogP contribution >= 0.6 is 0 Å². The maximum absolute atomic E-state index is 8.96. The van der Waals surface area contributed by atoms with Crippen molar-refractivity contribution in [1.29, 1.82) is 0 Å². The monoisotopic (exact) mass is 285 g/mol. The molecule has 0 spiro atoms. The van der Waals surface area contributed by atoms with Gasteiger partial charge in [-0.15, -0.1) is 0 Å². The minimum Gasteiger partial charge on any atom is -0.457 e. The van der Waals surface area contributed by atoms with Crippen molar-refractivity contribution in [3.63, 3.8) is 0 Å². The molecule has 2 N–H and O–H groups in total. The van der Waals surface area contributed by atoms with Gasteiger partial charge in [0.25, 0.3) is 0 Å². The summed E-state index contributed by atoms with van der Waals surface area (Å²) in [5, 5.41) is 12.3. The van der Waals surface area contributed by atoms with Crippen LogP contribution in [0.2, 0.25) is 0 Å². The van der Waals surface area contributed by atoms with Crippen molar-refractivity contribution in [1.82, 2.24) is 5.32 Å². The van der Waals surface area contributed by atoms with E-state index in [1.54, 1.807) is 0 Å². The average molecular weight is 285 g/mol. The third-order valence-electron chi connectivity index (χ3n) is 3.34. The van der Waals surface area contributed by atoms with Crippen LogP contribution in [0.1, 0.15) is 31.4 Å². The molecule has 2 aromatic carbocycles. The van der Waals surface area contributed by atoms with Crippen LogP contribution in [0, 0.1) is 0 Å². The second kappa shape index (κ2) is 8.45. The largest absolute Gasteiger partial charge is 0.457 e. The third-order valence-corrected chi connectivity index (χ3v) is 3.34. The van der Waals surface area contributed by atoms with E-state index in [2.05, 4.69) is 24.4 Å². The molecule has 0 amide bonds. The first-order valence-corrected chi connectivity index (χ1v) is 7.50. The van der Waals surface area contributed by atoms with Crippen LogP contribution in [0.4, 0.5) is 0 Å². The van der Waals surface area contributed by atoms with Gasteiger partial charge in [0.2, 0.25) is 0 Å². The Morgan fingerprint density at radius 2 is 1.67 bits per heavy atom. The molecule has 0 bridgehead atoms. The minimum atomic E-state index is 0.162. The fourth-order valence-corrected chi connectivity index (χ4v) is 2.31. The van der Waals surface area contributed by atoms with Crippen LogP contribution in [-0.2, 0) is 0 Å². The first kappa shape index (κ1) is 15.5.